The smallest absolute Gasteiger partial charge is 0.0427 e. The standard InChI is InChI=1S/C11H20NP/c1-3-4-5-6-7-8-11-12-9-10(2)13-11/h9,12H,3-8H2,1-2H3. The molecule has 1 aromatic rings. The van der Waals surface area contributed by atoms with Gasteiger partial charge in [-0.15, -0.1) is 0 Å². The number of aryl methyl sites for hydroxylation is 2. The van der Waals surface area contributed by atoms with Crippen LogP contribution in [0.2, 0.25) is 0 Å². The molecule has 0 spiro atoms. The minimum atomic E-state index is 1.26. The van der Waals surface area contributed by atoms with Crippen molar-refractivity contribution >= 4 is 8.19 Å². The van der Waals surface area contributed by atoms with Crippen LogP contribution < -0.4 is 0 Å². The molecule has 0 radical (unpaired) electrons. The molecule has 0 aliphatic rings. The van der Waals surface area contributed by atoms with Crippen molar-refractivity contribution in [1.29, 1.82) is 0 Å². The summed E-state index contributed by atoms with van der Waals surface area (Å²) < 4.78 is 0. The molecule has 0 aliphatic heterocycles. The van der Waals surface area contributed by atoms with Gasteiger partial charge in [0.1, 0.15) is 0 Å². The van der Waals surface area contributed by atoms with Crippen molar-refractivity contribution in [2.24, 2.45) is 0 Å². The molecule has 1 heterocycles. The zero-order valence-corrected chi connectivity index (χ0v) is 9.66. The summed E-state index contributed by atoms with van der Waals surface area (Å²) in [5.74, 6) is 0. The van der Waals surface area contributed by atoms with Gasteiger partial charge in [-0.25, -0.2) is 0 Å². The monoisotopic (exact) mass is 197 g/mol. The molecule has 0 unspecified atom stereocenters. The maximum absolute atomic E-state index is 3.34. The predicted octanol–water partition coefficient (Wildman–Crippen LogP) is 4.42. The lowest BCUT2D eigenvalue weighted by atomic mass is 10.1. The van der Waals surface area contributed by atoms with E-state index in [9.17, 15) is 0 Å². The van der Waals surface area contributed by atoms with Gasteiger partial charge in [0.05, 0.1) is 0 Å². The van der Waals surface area contributed by atoms with E-state index in [4.69, 9.17) is 0 Å². The fourth-order valence-corrected chi connectivity index (χ4v) is 2.44. The Labute approximate surface area is 83.1 Å². The third-order valence-electron chi connectivity index (χ3n) is 2.28. The van der Waals surface area contributed by atoms with Gasteiger partial charge >= 0.3 is 0 Å². The van der Waals surface area contributed by atoms with Crippen molar-refractivity contribution in [2.45, 2.75) is 52.4 Å². The van der Waals surface area contributed by atoms with Crippen LogP contribution in [0, 0.1) is 6.92 Å². The molecule has 0 saturated carbocycles. The molecule has 1 N–H and O–H groups in total. The Balaban J connectivity index is 2.06. The topological polar surface area (TPSA) is 15.8 Å². The minimum absolute atomic E-state index is 1.26. The Morgan fingerprint density at radius 3 is 2.62 bits per heavy atom. The van der Waals surface area contributed by atoms with E-state index >= 15 is 0 Å². The molecule has 13 heavy (non-hydrogen) atoms. The number of hydrogen-bond acceptors (Lipinski definition) is 0. The van der Waals surface area contributed by atoms with E-state index in [0.717, 1.165) is 0 Å². The molecule has 74 valence electrons. The lowest BCUT2D eigenvalue weighted by Crippen LogP contribution is -1.83. The summed E-state index contributed by atoms with van der Waals surface area (Å²) in [4.78, 5) is 3.34. The SMILES string of the molecule is CCCCCCCc1[nH]cc(C)p1. The van der Waals surface area contributed by atoms with Crippen LogP contribution in [0.15, 0.2) is 6.20 Å². The van der Waals surface area contributed by atoms with Crippen LogP contribution in [0.3, 0.4) is 0 Å². The van der Waals surface area contributed by atoms with Crippen molar-refractivity contribution in [3.8, 4) is 0 Å². The van der Waals surface area contributed by atoms with Crippen molar-refractivity contribution in [1.82, 2.24) is 4.98 Å². The number of rotatable bonds is 6. The average Bonchev–Trinajstić information content (AvgIpc) is 2.51. The summed E-state index contributed by atoms with van der Waals surface area (Å²) in [7, 11) is 1.42. The van der Waals surface area contributed by atoms with Gasteiger partial charge < -0.3 is 4.98 Å². The van der Waals surface area contributed by atoms with Crippen molar-refractivity contribution < 1.29 is 0 Å². The second-order valence-corrected chi connectivity index (χ2v) is 5.12. The van der Waals surface area contributed by atoms with Crippen LogP contribution in [0.25, 0.3) is 0 Å². The second-order valence-electron chi connectivity index (χ2n) is 3.65. The van der Waals surface area contributed by atoms with Gasteiger partial charge in [-0.05, 0) is 33.3 Å². The van der Waals surface area contributed by atoms with Crippen LogP contribution in [-0.2, 0) is 6.42 Å². The molecule has 2 heteroatoms. The number of aromatic amines is 1. The maximum Gasteiger partial charge on any atom is 0.0427 e. The third-order valence-corrected chi connectivity index (χ3v) is 3.38. The summed E-state index contributed by atoms with van der Waals surface area (Å²) in [5, 5.41) is 1.45. The molecular weight excluding hydrogens is 177 g/mol. The van der Waals surface area contributed by atoms with Gasteiger partial charge in [-0.2, -0.15) is 0 Å². The molecule has 0 fully saturated rings. The Bertz CT molecular complexity index is 230. The van der Waals surface area contributed by atoms with Gasteiger partial charge in [-0.3, -0.25) is 0 Å². The second kappa shape index (κ2) is 6.21. The minimum Gasteiger partial charge on any atom is -0.361 e. The van der Waals surface area contributed by atoms with Crippen molar-refractivity contribution in [3.05, 3.63) is 16.9 Å². The third kappa shape index (κ3) is 4.47. The van der Waals surface area contributed by atoms with Crippen LogP contribution >= 0.6 is 8.19 Å². The summed E-state index contributed by atoms with van der Waals surface area (Å²) in [6, 6.07) is 0. The van der Waals surface area contributed by atoms with E-state index in [1.54, 1.807) is 0 Å². The first-order valence-corrected chi connectivity index (χ1v) is 6.23. The first-order valence-electron chi connectivity index (χ1n) is 5.34. The normalized spacial score (nSPS) is 11.2. The largest absolute Gasteiger partial charge is 0.361 e. The van der Waals surface area contributed by atoms with Gasteiger partial charge in [0.25, 0.3) is 0 Å². The van der Waals surface area contributed by atoms with Crippen molar-refractivity contribution in [2.75, 3.05) is 0 Å². The number of unbranched alkanes of at least 4 members (excludes halogenated alkanes) is 4. The number of nitrogens with one attached hydrogen (secondary N) is 1. The van der Waals surface area contributed by atoms with Gasteiger partial charge in [0.2, 0.25) is 0 Å². The summed E-state index contributed by atoms with van der Waals surface area (Å²) in [6.45, 7) is 4.44. The highest BCUT2D eigenvalue weighted by Gasteiger charge is 1.96. The predicted molar refractivity (Wildman–Crippen MR) is 60.5 cm³/mol. The van der Waals surface area contributed by atoms with E-state index in [2.05, 4.69) is 25.0 Å². The van der Waals surface area contributed by atoms with Gasteiger partial charge in [0.15, 0.2) is 0 Å². The zero-order chi connectivity index (χ0) is 9.52. The molecule has 0 atom stereocenters. The van der Waals surface area contributed by atoms with E-state index < -0.39 is 0 Å². The molecule has 0 aromatic carbocycles. The first kappa shape index (κ1) is 10.8. The molecule has 1 aromatic heterocycles. The fourth-order valence-electron chi connectivity index (χ4n) is 1.49. The van der Waals surface area contributed by atoms with Crippen LogP contribution in [0.5, 0.6) is 0 Å². The molecule has 0 bridgehead atoms. The molecular formula is C11H20NP. The Kier molecular flexibility index (Phi) is 5.15. The molecule has 0 saturated heterocycles. The van der Waals surface area contributed by atoms with Gasteiger partial charge in [-0.1, -0.05) is 32.6 Å². The molecule has 0 aliphatic carbocycles. The van der Waals surface area contributed by atoms with E-state index in [0.29, 0.717) is 0 Å². The number of hydrogen-bond donors (Lipinski definition) is 1. The van der Waals surface area contributed by atoms with Crippen LogP contribution in [-0.4, -0.2) is 4.98 Å². The van der Waals surface area contributed by atoms with Gasteiger partial charge in [0, 0.05) is 11.6 Å². The lowest BCUT2D eigenvalue weighted by Gasteiger charge is -1.97. The average molecular weight is 197 g/mol. The van der Waals surface area contributed by atoms with Crippen LogP contribution in [0.1, 0.15) is 49.7 Å². The quantitative estimate of drug-likeness (QED) is 0.650. The Hall–Kier alpha value is -0.290. The number of aromatic nitrogens is 1. The molecule has 1 nitrogen and oxygen atoms in total. The van der Waals surface area contributed by atoms with Crippen molar-refractivity contribution in [3.63, 3.8) is 0 Å². The summed E-state index contributed by atoms with van der Waals surface area (Å²) >= 11 is 0. The number of H-pyrrole nitrogens is 1. The van der Waals surface area contributed by atoms with E-state index in [-0.39, 0.29) is 0 Å². The highest BCUT2D eigenvalue weighted by Crippen LogP contribution is 2.20. The molecule has 1 rings (SSSR count). The maximum atomic E-state index is 3.34. The summed E-state index contributed by atoms with van der Waals surface area (Å²) in [5.41, 5.74) is 1.49. The molecule has 0 amide bonds. The summed E-state index contributed by atoms with van der Waals surface area (Å²) in [6.07, 6.45) is 10.3. The zero-order valence-electron chi connectivity index (χ0n) is 8.77. The Morgan fingerprint density at radius 2 is 2.00 bits per heavy atom. The first-order chi connectivity index (χ1) is 6.33. The fraction of sp³-hybridized carbons (Fsp3) is 0.727. The van der Waals surface area contributed by atoms with E-state index in [1.807, 2.05) is 0 Å². The van der Waals surface area contributed by atoms with Crippen LogP contribution in [0.4, 0.5) is 0 Å². The highest BCUT2D eigenvalue weighted by molar-refractivity contribution is 7.31. The highest BCUT2D eigenvalue weighted by atomic mass is 31.0. The van der Waals surface area contributed by atoms with E-state index in [1.165, 1.54) is 57.4 Å². The lowest BCUT2D eigenvalue weighted by molar-refractivity contribution is 0.631. The Morgan fingerprint density at radius 1 is 1.23 bits per heavy atom.